The minimum Gasteiger partial charge on any atom is -0.375 e. The van der Waals surface area contributed by atoms with Gasteiger partial charge in [-0.05, 0) is 52.9 Å². The first kappa shape index (κ1) is 18.9. The molecule has 0 saturated heterocycles. The topological polar surface area (TPSA) is 18.5 Å². The van der Waals surface area contributed by atoms with Crippen LogP contribution in [0.4, 0.5) is 0 Å². The molecular weight excluding hydrogens is 236 g/mol. The van der Waals surface area contributed by atoms with Crippen molar-refractivity contribution in [2.75, 3.05) is 6.61 Å². The Bertz CT molecular complexity index is 242. The Balaban J connectivity index is 4.24. The molecule has 0 heterocycles. The highest BCUT2D eigenvalue weighted by atomic mass is 16.5. The van der Waals surface area contributed by atoms with Gasteiger partial charge in [0.1, 0.15) is 0 Å². The van der Waals surface area contributed by atoms with Gasteiger partial charge in [0, 0.05) is 13.0 Å². The lowest BCUT2D eigenvalue weighted by Gasteiger charge is -2.35. The first-order valence-corrected chi connectivity index (χ1v) is 7.75. The van der Waals surface area contributed by atoms with Gasteiger partial charge in [0.25, 0.3) is 0 Å². The average molecular weight is 272 g/mol. The average Bonchev–Trinajstić information content (AvgIpc) is 2.09. The summed E-state index contributed by atoms with van der Waals surface area (Å²) < 4.78 is 12.2. The van der Waals surface area contributed by atoms with Crippen molar-refractivity contribution in [2.24, 2.45) is 11.8 Å². The first-order valence-electron chi connectivity index (χ1n) is 7.75. The summed E-state index contributed by atoms with van der Waals surface area (Å²) in [6.07, 6.45) is 2.24. The van der Waals surface area contributed by atoms with Gasteiger partial charge in [-0.2, -0.15) is 0 Å². The second-order valence-electron chi connectivity index (χ2n) is 7.95. The monoisotopic (exact) mass is 272 g/mol. The number of ether oxygens (including phenoxy) is 2. The van der Waals surface area contributed by atoms with Gasteiger partial charge in [0.2, 0.25) is 0 Å². The summed E-state index contributed by atoms with van der Waals surface area (Å²) in [6, 6.07) is 0. The zero-order chi connectivity index (χ0) is 15.3. The van der Waals surface area contributed by atoms with Crippen molar-refractivity contribution in [2.45, 2.75) is 92.5 Å². The molecule has 0 aliphatic rings. The Kier molecular flexibility index (Phi) is 7.60. The van der Waals surface area contributed by atoms with Crippen LogP contribution in [0.2, 0.25) is 0 Å². The maximum absolute atomic E-state index is 6.21. The molecule has 0 radical (unpaired) electrons. The standard InChI is InChI=1S/C17H36O2/c1-13(2)10-17(8,9)19-15(5)11-16(6,7)18-12-14(3)4/h13-15H,10-12H2,1-9H3. The van der Waals surface area contributed by atoms with Crippen LogP contribution in [0.15, 0.2) is 0 Å². The molecule has 0 aromatic carbocycles. The SMILES string of the molecule is CC(C)COC(C)(C)CC(C)OC(C)(C)CC(C)C. The molecule has 0 rings (SSSR count). The van der Waals surface area contributed by atoms with Crippen LogP contribution in [-0.2, 0) is 9.47 Å². The molecule has 116 valence electrons. The smallest absolute Gasteiger partial charge is 0.0651 e. The lowest BCUT2D eigenvalue weighted by molar-refractivity contribution is -0.116. The third kappa shape index (κ3) is 10.4. The summed E-state index contributed by atoms with van der Waals surface area (Å²) in [5.74, 6) is 1.24. The molecular formula is C17H36O2. The van der Waals surface area contributed by atoms with E-state index in [0.29, 0.717) is 11.8 Å². The van der Waals surface area contributed by atoms with Crippen LogP contribution < -0.4 is 0 Å². The lowest BCUT2D eigenvalue weighted by atomic mass is 9.95. The Morgan fingerprint density at radius 1 is 0.737 bits per heavy atom. The van der Waals surface area contributed by atoms with E-state index in [0.717, 1.165) is 19.4 Å². The van der Waals surface area contributed by atoms with E-state index < -0.39 is 0 Å². The molecule has 0 N–H and O–H groups in total. The predicted molar refractivity (Wildman–Crippen MR) is 83.6 cm³/mol. The number of hydrogen-bond donors (Lipinski definition) is 0. The number of rotatable bonds is 9. The van der Waals surface area contributed by atoms with Gasteiger partial charge in [-0.1, -0.05) is 27.7 Å². The molecule has 0 aromatic heterocycles. The molecule has 0 fully saturated rings. The van der Waals surface area contributed by atoms with Crippen LogP contribution in [0.1, 0.15) is 75.2 Å². The van der Waals surface area contributed by atoms with Crippen molar-refractivity contribution in [1.29, 1.82) is 0 Å². The number of hydrogen-bond acceptors (Lipinski definition) is 2. The molecule has 0 spiro atoms. The predicted octanol–water partition coefficient (Wildman–Crippen LogP) is 5.06. The Hall–Kier alpha value is -0.0800. The Labute approximate surface area is 121 Å². The normalized spacial score (nSPS) is 15.3. The van der Waals surface area contributed by atoms with Crippen LogP contribution in [0, 0.1) is 11.8 Å². The Morgan fingerprint density at radius 2 is 1.26 bits per heavy atom. The van der Waals surface area contributed by atoms with Gasteiger partial charge in [-0.25, -0.2) is 0 Å². The molecule has 0 amide bonds. The first-order chi connectivity index (χ1) is 8.43. The third-order valence-corrected chi connectivity index (χ3v) is 3.01. The van der Waals surface area contributed by atoms with Crippen molar-refractivity contribution in [3.8, 4) is 0 Å². The summed E-state index contributed by atoms with van der Waals surface area (Å²) in [6.45, 7) is 20.5. The van der Waals surface area contributed by atoms with Crippen molar-refractivity contribution < 1.29 is 9.47 Å². The Morgan fingerprint density at radius 3 is 1.68 bits per heavy atom. The van der Waals surface area contributed by atoms with E-state index in [1.807, 2.05) is 0 Å². The molecule has 0 aromatic rings. The van der Waals surface area contributed by atoms with Gasteiger partial charge in [0.15, 0.2) is 0 Å². The molecule has 19 heavy (non-hydrogen) atoms. The van der Waals surface area contributed by atoms with E-state index >= 15 is 0 Å². The molecule has 2 heteroatoms. The molecule has 1 unspecified atom stereocenters. The minimum atomic E-state index is -0.113. The van der Waals surface area contributed by atoms with E-state index in [9.17, 15) is 0 Å². The van der Waals surface area contributed by atoms with Crippen LogP contribution in [0.3, 0.4) is 0 Å². The molecule has 0 aliphatic heterocycles. The van der Waals surface area contributed by atoms with Crippen molar-refractivity contribution in [3.05, 3.63) is 0 Å². The highest BCUT2D eigenvalue weighted by Crippen LogP contribution is 2.26. The fourth-order valence-electron chi connectivity index (χ4n) is 2.76. The lowest BCUT2D eigenvalue weighted by Crippen LogP contribution is -2.36. The quantitative estimate of drug-likeness (QED) is 0.584. The second kappa shape index (κ2) is 7.64. The largest absolute Gasteiger partial charge is 0.375 e. The highest BCUT2D eigenvalue weighted by molar-refractivity contribution is 4.77. The zero-order valence-corrected chi connectivity index (χ0v) is 14.7. The summed E-state index contributed by atoms with van der Waals surface area (Å²) in [5, 5.41) is 0. The van der Waals surface area contributed by atoms with E-state index in [-0.39, 0.29) is 17.3 Å². The summed E-state index contributed by atoms with van der Waals surface area (Å²) in [5.41, 5.74) is -0.167. The fourth-order valence-corrected chi connectivity index (χ4v) is 2.76. The molecule has 0 aliphatic carbocycles. The third-order valence-electron chi connectivity index (χ3n) is 3.01. The van der Waals surface area contributed by atoms with E-state index in [2.05, 4.69) is 62.3 Å². The highest BCUT2D eigenvalue weighted by Gasteiger charge is 2.28. The van der Waals surface area contributed by atoms with Crippen LogP contribution in [0.5, 0.6) is 0 Å². The summed E-state index contributed by atoms with van der Waals surface area (Å²) in [7, 11) is 0. The van der Waals surface area contributed by atoms with E-state index in [4.69, 9.17) is 9.47 Å². The van der Waals surface area contributed by atoms with Crippen LogP contribution in [-0.4, -0.2) is 23.9 Å². The molecule has 1 atom stereocenters. The molecule has 0 saturated carbocycles. The summed E-state index contributed by atoms with van der Waals surface area (Å²) in [4.78, 5) is 0. The van der Waals surface area contributed by atoms with Gasteiger partial charge < -0.3 is 9.47 Å². The van der Waals surface area contributed by atoms with Crippen LogP contribution >= 0.6 is 0 Å². The zero-order valence-electron chi connectivity index (χ0n) is 14.7. The van der Waals surface area contributed by atoms with Gasteiger partial charge in [-0.15, -0.1) is 0 Å². The van der Waals surface area contributed by atoms with Crippen molar-refractivity contribution in [1.82, 2.24) is 0 Å². The minimum absolute atomic E-state index is 0.0539. The van der Waals surface area contributed by atoms with E-state index in [1.165, 1.54) is 0 Å². The molecule has 2 nitrogen and oxygen atoms in total. The fraction of sp³-hybridized carbons (Fsp3) is 1.00. The van der Waals surface area contributed by atoms with E-state index in [1.54, 1.807) is 0 Å². The van der Waals surface area contributed by atoms with Gasteiger partial charge in [-0.3, -0.25) is 0 Å². The molecule has 0 bridgehead atoms. The maximum atomic E-state index is 6.21. The second-order valence-corrected chi connectivity index (χ2v) is 7.95. The van der Waals surface area contributed by atoms with Gasteiger partial charge >= 0.3 is 0 Å². The van der Waals surface area contributed by atoms with Crippen molar-refractivity contribution in [3.63, 3.8) is 0 Å². The van der Waals surface area contributed by atoms with Crippen molar-refractivity contribution >= 4 is 0 Å². The summed E-state index contributed by atoms with van der Waals surface area (Å²) >= 11 is 0. The maximum Gasteiger partial charge on any atom is 0.0651 e. The van der Waals surface area contributed by atoms with Crippen LogP contribution in [0.25, 0.3) is 0 Å². The van der Waals surface area contributed by atoms with Gasteiger partial charge in [0.05, 0.1) is 17.3 Å².